The summed E-state index contributed by atoms with van der Waals surface area (Å²) in [5, 5.41) is 5.38. The predicted molar refractivity (Wildman–Crippen MR) is 122 cm³/mol. The molecule has 0 aliphatic rings. The molecule has 1 amide bonds. The third-order valence-corrected chi connectivity index (χ3v) is 4.67. The quantitative estimate of drug-likeness (QED) is 0.478. The molecule has 0 fully saturated rings. The highest BCUT2D eigenvalue weighted by atomic mass is 35.5. The Hall–Kier alpha value is -3.27. The third-order valence-electron chi connectivity index (χ3n) is 4.67. The molecule has 1 heterocycles. The summed E-state index contributed by atoms with van der Waals surface area (Å²) >= 11 is 0. The number of rotatable bonds is 9. The summed E-state index contributed by atoms with van der Waals surface area (Å²) < 4.78 is 21.6. The van der Waals surface area contributed by atoms with Crippen LogP contribution in [-0.2, 0) is 9.63 Å². The van der Waals surface area contributed by atoms with Gasteiger partial charge in [-0.25, -0.2) is 0 Å². The second-order valence-corrected chi connectivity index (χ2v) is 6.45. The number of anilines is 1. The maximum absolute atomic E-state index is 12.3. The highest BCUT2D eigenvalue weighted by Crippen LogP contribution is 2.43. The highest BCUT2D eigenvalue weighted by Gasteiger charge is 2.20. The summed E-state index contributed by atoms with van der Waals surface area (Å²) in [5.41, 5.74) is 8.87. The number of carbonyl (C=O) groups excluding carboxylic acids is 1. The molecule has 0 saturated heterocycles. The van der Waals surface area contributed by atoms with Gasteiger partial charge in [0, 0.05) is 24.1 Å². The number of ether oxygens (including phenoxy) is 3. The van der Waals surface area contributed by atoms with Crippen molar-refractivity contribution in [2.45, 2.75) is 6.42 Å². The van der Waals surface area contributed by atoms with Gasteiger partial charge in [-0.2, -0.15) is 5.06 Å². The summed E-state index contributed by atoms with van der Waals surface area (Å²) in [7, 11) is 6.07. The summed E-state index contributed by atoms with van der Waals surface area (Å²) in [4.78, 5) is 17.6. The molecule has 0 atom stereocenters. The number of hydroxylamine groups is 1. The van der Waals surface area contributed by atoms with Crippen molar-refractivity contribution in [1.29, 1.82) is 0 Å². The fourth-order valence-corrected chi connectivity index (χ4v) is 3.24. The van der Waals surface area contributed by atoms with Crippen LogP contribution in [0, 0.1) is 0 Å². The number of methoxy groups -OCH3 is 3. The second-order valence-electron chi connectivity index (χ2n) is 6.45. The Morgan fingerprint density at radius 3 is 2.28 bits per heavy atom. The number of aromatic nitrogens is 1. The molecule has 0 unspecified atom stereocenters. The Kier molecular flexibility index (Phi) is 8.89. The molecule has 10 heteroatoms. The topological polar surface area (TPSA) is 109 Å². The summed E-state index contributed by atoms with van der Waals surface area (Å²) in [6, 6.07) is 10.9. The first-order chi connectivity index (χ1) is 15.1. The fourth-order valence-electron chi connectivity index (χ4n) is 3.24. The van der Waals surface area contributed by atoms with Gasteiger partial charge < -0.3 is 24.5 Å². The number of hydrogen-bond acceptors (Lipinski definition) is 8. The molecule has 0 saturated carbocycles. The minimum atomic E-state index is -0.239. The third kappa shape index (κ3) is 4.96. The van der Waals surface area contributed by atoms with Gasteiger partial charge in [0.25, 0.3) is 5.91 Å². The van der Waals surface area contributed by atoms with Crippen LogP contribution in [0.5, 0.6) is 17.2 Å². The minimum Gasteiger partial charge on any atom is -0.493 e. The molecule has 172 valence electrons. The Labute approximate surface area is 192 Å². The van der Waals surface area contributed by atoms with Gasteiger partial charge in [-0.15, -0.1) is 12.4 Å². The number of benzene rings is 2. The Morgan fingerprint density at radius 2 is 1.72 bits per heavy atom. The van der Waals surface area contributed by atoms with Crippen molar-refractivity contribution in [3.63, 3.8) is 0 Å². The summed E-state index contributed by atoms with van der Waals surface area (Å²) in [5.74, 6) is 1.24. The first-order valence-corrected chi connectivity index (χ1v) is 9.50. The maximum Gasteiger partial charge on any atom is 0.252 e. The fraction of sp³-hybridized carbons (Fsp3) is 0.273. The van der Waals surface area contributed by atoms with Crippen LogP contribution in [-0.4, -0.2) is 46.0 Å². The van der Waals surface area contributed by atoms with Crippen LogP contribution in [0.3, 0.4) is 0 Å². The van der Waals surface area contributed by atoms with Gasteiger partial charge >= 0.3 is 0 Å². The molecule has 2 N–H and O–H groups in total. The first kappa shape index (κ1) is 25.0. The van der Waals surface area contributed by atoms with E-state index in [1.54, 1.807) is 39.5 Å². The van der Waals surface area contributed by atoms with Gasteiger partial charge in [0.05, 0.1) is 34.1 Å². The van der Waals surface area contributed by atoms with Gasteiger partial charge in [-0.3, -0.25) is 9.63 Å². The second kappa shape index (κ2) is 11.4. The van der Waals surface area contributed by atoms with Gasteiger partial charge in [-0.05, 0) is 29.8 Å². The standard InChI is InChI=1S/C22H25N3O6.ClH/c1-27-18-11-15(12-19(28-2)22(18)29-3)21-17(13-31-24-21)14-6-5-7-16(10-14)25(30-4)20(26)8-9-23;/h5-7,10-13H,8-9,23H2,1-4H3;1H. The van der Waals surface area contributed by atoms with Crippen LogP contribution in [0.2, 0.25) is 0 Å². The molecule has 0 spiro atoms. The lowest BCUT2D eigenvalue weighted by molar-refractivity contribution is -0.124. The SMILES string of the molecule is COc1cc(-c2nocc2-c2cccc(N(OC)C(=O)CCN)c2)cc(OC)c1OC.Cl. The van der Waals surface area contributed by atoms with E-state index in [1.807, 2.05) is 18.2 Å². The minimum absolute atomic E-state index is 0. The Balaban J connectivity index is 0.00000363. The molecule has 0 radical (unpaired) electrons. The van der Waals surface area contributed by atoms with Crippen LogP contribution in [0.25, 0.3) is 22.4 Å². The average Bonchev–Trinajstić information content (AvgIpc) is 3.29. The van der Waals surface area contributed by atoms with E-state index in [-0.39, 0.29) is 31.3 Å². The zero-order chi connectivity index (χ0) is 22.4. The Bertz CT molecular complexity index is 1030. The number of nitrogens with two attached hydrogens (primary N) is 1. The number of amides is 1. The van der Waals surface area contributed by atoms with Crippen molar-refractivity contribution in [2.75, 3.05) is 40.0 Å². The van der Waals surface area contributed by atoms with E-state index < -0.39 is 0 Å². The van der Waals surface area contributed by atoms with Gasteiger partial charge in [0.1, 0.15) is 12.0 Å². The highest BCUT2D eigenvalue weighted by molar-refractivity contribution is 5.93. The molecule has 3 aromatic rings. The Morgan fingerprint density at radius 1 is 1.03 bits per heavy atom. The molecular formula is C22H26ClN3O6. The van der Waals surface area contributed by atoms with E-state index in [0.717, 1.165) is 11.1 Å². The lowest BCUT2D eigenvalue weighted by Crippen LogP contribution is -2.31. The molecule has 9 nitrogen and oxygen atoms in total. The zero-order valence-electron chi connectivity index (χ0n) is 18.3. The van der Waals surface area contributed by atoms with Crippen molar-refractivity contribution in [1.82, 2.24) is 5.16 Å². The normalized spacial score (nSPS) is 10.3. The molecule has 0 bridgehead atoms. The van der Waals surface area contributed by atoms with Crippen molar-refractivity contribution in [3.05, 3.63) is 42.7 Å². The smallest absolute Gasteiger partial charge is 0.252 e. The summed E-state index contributed by atoms with van der Waals surface area (Å²) in [6.45, 7) is 0.231. The molecule has 1 aromatic heterocycles. The number of carbonyl (C=O) groups is 1. The average molecular weight is 464 g/mol. The molecule has 2 aromatic carbocycles. The first-order valence-electron chi connectivity index (χ1n) is 9.50. The molecular weight excluding hydrogens is 438 g/mol. The molecule has 32 heavy (non-hydrogen) atoms. The van der Waals surface area contributed by atoms with Crippen LogP contribution >= 0.6 is 12.4 Å². The molecule has 3 rings (SSSR count). The number of hydrogen-bond donors (Lipinski definition) is 1. The van der Waals surface area contributed by atoms with Crippen LogP contribution < -0.4 is 25.0 Å². The van der Waals surface area contributed by atoms with Crippen molar-refractivity contribution in [3.8, 4) is 39.6 Å². The van der Waals surface area contributed by atoms with Crippen molar-refractivity contribution < 1.29 is 28.4 Å². The lowest BCUT2D eigenvalue weighted by atomic mass is 10.0. The van der Waals surface area contributed by atoms with Crippen LogP contribution in [0.4, 0.5) is 5.69 Å². The van der Waals surface area contributed by atoms with E-state index in [4.69, 9.17) is 29.3 Å². The predicted octanol–water partition coefficient (Wildman–Crippen LogP) is 3.70. The van der Waals surface area contributed by atoms with Crippen LogP contribution in [0.1, 0.15) is 6.42 Å². The number of halogens is 1. The van der Waals surface area contributed by atoms with Crippen molar-refractivity contribution in [2.24, 2.45) is 5.73 Å². The zero-order valence-corrected chi connectivity index (χ0v) is 19.1. The van der Waals surface area contributed by atoms with E-state index in [2.05, 4.69) is 5.16 Å². The molecule has 0 aliphatic carbocycles. The van der Waals surface area contributed by atoms with Crippen molar-refractivity contribution >= 4 is 24.0 Å². The van der Waals surface area contributed by atoms with Crippen LogP contribution in [0.15, 0.2) is 47.2 Å². The van der Waals surface area contributed by atoms with E-state index in [9.17, 15) is 4.79 Å². The van der Waals surface area contributed by atoms with Gasteiger partial charge in [0.2, 0.25) is 5.75 Å². The summed E-state index contributed by atoms with van der Waals surface area (Å²) in [6.07, 6.45) is 1.71. The van der Waals surface area contributed by atoms with Gasteiger partial charge in [0.15, 0.2) is 11.5 Å². The van der Waals surface area contributed by atoms with E-state index >= 15 is 0 Å². The maximum atomic E-state index is 12.3. The number of nitrogens with zero attached hydrogens (tertiary/aromatic N) is 2. The van der Waals surface area contributed by atoms with E-state index in [1.165, 1.54) is 18.4 Å². The monoisotopic (exact) mass is 463 g/mol. The largest absolute Gasteiger partial charge is 0.493 e. The molecule has 0 aliphatic heterocycles. The van der Waals surface area contributed by atoms with E-state index in [0.29, 0.717) is 34.2 Å². The lowest BCUT2D eigenvalue weighted by Gasteiger charge is -2.20. The van der Waals surface area contributed by atoms with Gasteiger partial charge in [-0.1, -0.05) is 17.3 Å².